The van der Waals surface area contributed by atoms with E-state index in [0.29, 0.717) is 5.92 Å². The van der Waals surface area contributed by atoms with Gasteiger partial charge < -0.3 is 5.32 Å². The standard InChI is InChI=1S/C13H20N2O2S/c1-15(18(2,16)17)13-5-3-11(4-6-13)12-7-9-14-10-8-12/h3-6,12,14H,7-10H2,1-2H3. The van der Waals surface area contributed by atoms with E-state index in [-0.39, 0.29) is 0 Å². The molecule has 4 nitrogen and oxygen atoms in total. The van der Waals surface area contributed by atoms with Crippen LogP contribution in [0.5, 0.6) is 0 Å². The van der Waals surface area contributed by atoms with Crippen LogP contribution >= 0.6 is 0 Å². The van der Waals surface area contributed by atoms with Gasteiger partial charge in [-0.2, -0.15) is 0 Å². The number of hydrogen-bond donors (Lipinski definition) is 1. The maximum atomic E-state index is 11.4. The van der Waals surface area contributed by atoms with E-state index in [1.165, 1.54) is 16.1 Å². The lowest BCUT2D eigenvalue weighted by atomic mass is 9.90. The third kappa shape index (κ3) is 3.03. The van der Waals surface area contributed by atoms with Crippen molar-refractivity contribution < 1.29 is 8.42 Å². The van der Waals surface area contributed by atoms with Crippen LogP contribution in [0.4, 0.5) is 5.69 Å². The first kappa shape index (κ1) is 13.4. The van der Waals surface area contributed by atoms with Gasteiger partial charge in [0.1, 0.15) is 0 Å². The van der Waals surface area contributed by atoms with Crippen molar-refractivity contribution in [2.75, 3.05) is 30.7 Å². The van der Waals surface area contributed by atoms with Crippen LogP contribution in [-0.2, 0) is 10.0 Å². The van der Waals surface area contributed by atoms with Crippen LogP contribution in [0.3, 0.4) is 0 Å². The van der Waals surface area contributed by atoms with Gasteiger partial charge in [0, 0.05) is 7.05 Å². The van der Waals surface area contributed by atoms with Crippen LogP contribution in [0, 0.1) is 0 Å². The van der Waals surface area contributed by atoms with Crippen molar-refractivity contribution in [2.45, 2.75) is 18.8 Å². The Morgan fingerprint density at radius 2 is 1.72 bits per heavy atom. The third-order valence-corrected chi connectivity index (χ3v) is 4.77. The van der Waals surface area contributed by atoms with Crippen molar-refractivity contribution in [1.82, 2.24) is 5.32 Å². The minimum Gasteiger partial charge on any atom is -0.317 e. The fraction of sp³-hybridized carbons (Fsp3) is 0.538. The second-order valence-electron chi connectivity index (χ2n) is 4.85. The number of benzene rings is 1. The molecule has 5 heteroatoms. The maximum absolute atomic E-state index is 11.4. The maximum Gasteiger partial charge on any atom is 0.231 e. The first-order valence-electron chi connectivity index (χ1n) is 6.23. The van der Waals surface area contributed by atoms with Crippen LogP contribution in [0.1, 0.15) is 24.3 Å². The molecule has 0 saturated carbocycles. The Bertz CT molecular complexity index is 490. The summed E-state index contributed by atoms with van der Waals surface area (Å²) in [6.07, 6.45) is 3.52. The SMILES string of the molecule is CN(c1ccc(C2CCNCC2)cc1)S(C)(=O)=O. The summed E-state index contributed by atoms with van der Waals surface area (Å²) >= 11 is 0. The normalized spacial score (nSPS) is 17.7. The summed E-state index contributed by atoms with van der Waals surface area (Å²) in [4.78, 5) is 0. The summed E-state index contributed by atoms with van der Waals surface area (Å²) in [6, 6.07) is 7.87. The second-order valence-corrected chi connectivity index (χ2v) is 6.86. The van der Waals surface area contributed by atoms with Gasteiger partial charge in [0.15, 0.2) is 0 Å². The van der Waals surface area contributed by atoms with Crippen molar-refractivity contribution in [2.24, 2.45) is 0 Å². The summed E-state index contributed by atoms with van der Waals surface area (Å²) in [6.45, 7) is 2.13. The van der Waals surface area contributed by atoms with Gasteiger partial charge in [-0.25, -0.2) is 8.42 Å². The van der Waals surface area contributed by atoms with Crippen molar-refractivity contribution in [3.05, 3.63) is 29.8 Å². The van der Waals surface area contributed by atoms with E-state index in [4.69, 9.17) is 0 Å². The molecule has 1 aliphatic heterocycles. The predicted octanol–water partition coefficient (Wildman–Crippen LogP) is 1.55. The molecule has 0 bridgehead atoms. The molecule has 1 saturated heterocycles. The summed E-state index contributed by atoms with van der Waals surface area (Å²) in [5, 5.41) is 3.35. The van der Waals surface area contributed by atoms with Crippen LogP contribution in [-0.4, -0.2) is 34.8 Å². The quantitative estimate of drug-likeness (QED) is 0.905. The molecule has 0 spiro atoms. The molecule has 0 unspecified atom stereocenters. The number of hydrogen-bond acceptors (Lipinski definition) is 3. The number of anilines is 1. The van der Waals surface area contributed by atoms with Gasteiger partial charge in [0.05, 0.1) is 11.9 Å². The zero-order valence-corrected chi connectivity index (χ0v) is 11.7. The lowest BCUT2D eigenvalue weighted by molar-refractivity contribution is 0.460. The van der Waals surface area contributed by atoms with Crippen LogP contribution in [0.2, 0.25) is 0 Å². The van der Waals surface area contributed by atoms with E-state index in [2.05, 4.69) is 5.32 Å². The molecule has 1 aromatic rings. The topological polar surface area (TPSA) is 49.4 Å². The number of piperidine rings is 1. The molecular weight excluding hydrogens is 248 g/mol. The van der Waals surface area contributed by atoms with Gasteiger partial charge in [-0.1, -0.05) is 12.1 Å². The molecule has 0 radical (unpaired) electrons. The first-order chi connectivity index (χ1) is 8.48. The number of rotatable bonds is 3. The highest BCUT2D eigenvalue weighted by Crippen LogP contribution is 2.27. The molecule has 100 valence electrons. The zero-order valence-electron chi connectivity index (χ0n) is 10.9. The fourth-order valence-corrected chi connectivity index (χ4v) is 2.81. The molecule has 1 aromatic carbocycles. The Hall–Kier alpha value is -1.07. The van der Waals surface area contributed by atoms with Crippen molar-refractivity contribution in [3.63, 3.8) is 0 Å². The predicted molar refractivity (Wildman–Crippen MR) is 74.5 cm³/mol. The number of nitrogens with zero attached hydrogens (tertiary/aromatic N) is 1. The molecule has 1 aliphatic rings. The molecular formula is C13H20N2O2S. The van der Waals surface area contributed by atoms with E-state index >= 15 is 0 Å². The monoisotopic (exact) mass is 268 g/mol. The number of nitrogens with one attached hydrogen (secondary N) is 1. The first-order valence-corrected chi connectivity index (χ1v) is 8.08. The molecule has 0 aromatic heterocycles. The highest BCUT2D eigenvalue weighted by molar-refractivity contribution is 7.92. The zero-order chi connectivity index (χ0) is 13.2. The molecule has 1 N–H and O–H groups in total. The molecule has 1 fully saturated rings. The molecule has 1 heterocycles. The Labute approximate surface area is 109 Å². The van der Waals surface area contributed by atoms with E-state index < -0.39 is 10.0 Å². The van der Waals surface area contributed by atoms with E-state index in [9.17, 15) is 8.42 Å². The third-order valence-electron chi connectivity index (χ3n) is 3.56. The fourth-order valence-electron chi connectivity index (χ4n) is 2.30. The Morgan fingerprint density at radius 3 is 2.22 bits per heavy atom. The largest absolute Gasteiger partial charge is 0.317 e. The second kappa shape index (κ2) is 5.28. The minimum absolute atomic E-state index is 0.601. The van der Waals surface area contributed by atoms with Gasteiger partial charge in [-0.15, -0.1) is 0 Å². The van der Waals surface area contributed by atoms with E-state index in [0.717, 1.165) is 31.6 Å². The summed E-state index contributed by atoms with van der Waals surface area (Å²) in [5.41, 5.74) is 2.03. The summed E-state index contributed by atoms with van der Waals surface area (Å²) in [5.74, 6) is 0.601. The Kier molecular flexibility index (Phi) is 3.92. The lowest BCUT2D eigenvalue weighted by Crippen LogP contribution is -2.27. The summed E-state index contributed by atoms with van der Waals surface area (Å²) < 4.78 is 24.2. The minimum atomic E-state index is -3.17. The van der Waals surface area contributed by atoms with E-state index in [1.54, 1.807) is 7.05 Å². The van der Waals surface area contributed by atoms with Gasteiger partial charge in [-0.3, -0.25) is 4.31 Å². The average molecular weight is 268 g/mol. The van der Waals surface area contributed by atoms with Crippen LogP contribution < -0.4 is 9.62 Å². The van der Waals surface area contributed by atoms with Crippen LogP contribution in [0.15, 0.2) is 24.3 Å². The van der Waals surface area contributed by atoms with Crippen molar-refractivity contribution in [3.8, 4) is 0 Å². The molecule has 2 rings (SSSR count). The Balaban J connectivity index is 2.14. The highest BCUT2D eigenvalue weighted by atomic mass is 32.2. The van der Waals surface area contributed by atoms with Gasteiger partial charge in [-0.05, 0) is 49.5 Å². The van der Waals surface area contributed by atoms with Gasteiger partial charge in [0.25, 0.3) is 0 Å². The smallest absolute Gasteiger partial charge is 0.231 e. The molecule has 18 heavy (non-hydrogen) atoms. The Morgan fingerprint density at radius 1 is 1.17 bits per heavy atom. The summed E-state index contributed by atoms with van der Waals surface area (Å²) in [7, 11) is -1.59. The van der Waals surface area contributed by atoms with Crippen molar-refractivity contribution in [1.29, 1.82) is 0 Å². The van der Waals surface area contributed by atoms with Crippen LogP contribution in [0.25, 0.3) is 0 Å². The molecule has 0 atom stereocenters. The van der Waals surface area contributed by atoms with E-state index in [1.807, 2.05) is 24.3 Å². The molecule has 0 aliphatic carbocycles. The van der Waals surface area contributed by atoms with Gasteiger partial charge in [0.2, 0.25) is 10.0 Å². The lowest BCUT2D eigenvalue weighted by Gasteiger charge is -2.24. The van der Waals surface area contributed by atoms with Gasteiger partial charge >= 0.3 is 0 Å². The number of sulfonamides is 1. The average Bonchev–Trinajstić information content (AvgIpc) is 2.38. The molecule has 0 amide bonds. The highest BCUT2D eigenvalue weighted by Gasteiger charge is 2.16. The van der Waals surface area contributed by atoms with Crippen molar-refractivity contribution >= 4 is 15.7 Å².